The van der Waals surface area contributed by atoms with Gasteiger partial charge in [0.15, 0.2) is 5.82 Å². The van der Waals surface area contributed by atoms with Crippen LogP contribution in [0.2, 0.25) is 5.02 Å². The molecule has 1 aliphatic heterocycles. The number of aromatic nitrogens is 6. The molecule has 3 aromatic carbocycles. The second-order valence-electron chi connectivity index (χ2n) is 15.9. The van der Waals surface area contributed by atoms with E-state index in [2.05, 4.69) is 20.2 Å². The van der Waals surface area contributed by atoms with Gasteiger partial charge in [0.05, 0.1) is 57.0 Å². The molecule has 8 rings (SSSR count). The lowest BCUT2D eigenvalue weighted by atomic mass is 10.0. The van der Waals surface area contributed by atoms with Gasteiger partial charge in [0.1, 0.15) is 36.2 Å². The lowest BCUT2D eigenvalue weighted by Crippen LogP contribution is -2.45. The largest absolute Gasteiger partial charge is 0.372 e. The fourth-order valence-electron chi connectivity index (χ4n) is 8.14. The van der Waals surface area contributed by atoms with E-state index in [1.165, 1.54) is 24.3 Å². The van der Waals surface area contributed by atoms with Crippen molar-refractivity contribution in [2.45, 2.75) is 83.2 Å². The summed E-state index contributed by atoms with van der Waals surface area (Å²) in [5, 5.41) is 10.6. The quantitative estimate of drug-likeness (QED) is 0.110. The highest BCUT2D eigenvalue weighted by Gasteiger charge is 2.33. The van der Waals surface area contributed by atoms with Crippen molar-refractivity contribution in [2.24, 2.45) is 0 Å². The Kier molecular flexibility index (Phi) is 12.0. The van der Waals surface area contributed by atoms with E-state index in [1.54, 1.807) is 12.1 Å². The van der Waals surface area contributed by atoms with Gasteiger partial charge in [-0.05, 0) is 80.8 Å². The van der Waals surface area contributed by atoms with E-state index in [1.807, 2.05) is 18.7 Å². The number of fused-ring (bicyclic) bond motifs is 2. The molecule has 0 unspecified atom stereocenters. The maximum Gasteiger partial charge on any atom is 0.282 e. The van der Waals surface area contributed by atoms with E-state index in [-0.39, 0.29) is 62.0 Å². The van der Waals surface area contributed by atoms with Crippen molar-refractivity contribution in [1.82, 2.24) is 34.4 Å². The summed E-state index contributed by atoms with van der Waals surface area (Å²) >= 11 is 6.62. The van der Waals surface area contributed by atoms with Crippen LogP contribution in [-0.2, 0) is 39.1 Å². The van der Waals surface area contributed by atoms with Crippen LogP contribution in [0.15, 0.2) is 59.4 Å². The molecule has 2 fully saturated rings. The van der Waals surface area contributed by atoms with Gasteiger partial charge >= 0.3 is 0 Å². The molecule has 0 bridgehead atoms. The molecule has 22 heteroatoms. The number of alkyl halides is 4. The number of amides is 1. The number of hydrogen-bond donors (Lipinski definition) is 2. The highest BCUT2D eigenvalue weighted by atomic mass is 35.5. The zero-order valence-electron chi connectivity index (χ0n) is 33.8. The van der Waals surface area contributed by atoms with Gasteiger partial charge in [-0.25, -0.2) is 39.7 Å². The number of carbonyl (C=O) groups is 1. The van der Waals surface area contributed by atoms with Crippen LogP contribution < -0.4 is 20.5 Å². The maximum atomic E-state index is 15.1. The number of carbonyl (C=O) groups excluding carboxylic acids is 1. The Hall–Kier alpha value is -5.67. The van der Waals surface area contributed by atoms with E-state index in [0.717, 1.165) is 32.3 Å². The second kappa shape index (κ2) is 17.1. The Labute approximate surface area is 360 Å². The van der Waals surface area contributed by atoms with Crippen LogP contribution in [0, 0.1) is 11.6 Å². The molecule has 2 N–H and O–H groups in total. The third-order valence-corrected chi connectivity index (χ3v) is 11.5. The normalized spacial score (nSPS) is 17.6. The summed E-state index contributed by atoms with van der Waals surface area (Å²) in [6, 6.07) is 9.93. The number of morpholine rings is 1. The first-order valence-electron chi connectivity index (χ1n) is 19.8. The van der Waals surface area contributed by atoms with Crippen LogP contribution in [0.4, 0.5) is 37.8 Å². The minimum absolute atomic E-state index is 0.00474. The van der Waals surface area contributed by atoms with E-state index in [4.69, 9.17) is 21.3 Å². The van der Waals surface area contributed by atoms with Crippen LogP contribution >= 0.6 is 11.6 Å². The Morgan fingerprint density at radius 1 is 0.952 bits per heavy atom. The van der Waals surface area contributed by atoms with Gasteiger partial charge < -0.3 is 15.0 Å². The van der Waals surface area contributed by atoms with Gasteiger partial charge in [0, 0.05) is 42.9 Å². The molecule has 14 nitrogen and oxygen atoms in total. The van der Waals surface area contributed by atoms with Crippen molar-refractivity contribution in [3.05, 3.63) is 104 Å². The average molecular weight is 920 g/mol. The van der Waals surface area contributed by atoms with Crippen molar-refractivity contribution in [2.75, 3.05) is 29.0 Å². The van der Waals surface area contributed by atoms with Gasteiger partial charge in [-0.1, -0.05) is 11.6 Å². The fourth-order valence-corrected chi connectivity index (χ4v) is 8.87. The predicted molar refractivity (Wildman–Crippen MR) is 222 cm³/mol. The number of rotatable bonds is 14. The molecule has 1 saturated heterocycles. The van der Waals surface area contributed by atoms with Crippen LogP contribution in [0.25, 0.3) is 27.5 Å². The third-order valence-electron chi connectivity index (χ3n) is 10.7. The van der Waals surface area contributed by atoms with Crippen LogP contribution in [0.3, 0.4) is 0 Å². The summed E-state index contributed by atoms with van der Waals surface area (Å²) in [5.74, 6) is -3.50. The molecular weight excluding hydrogens is 880 g/mol. The SMILES string of the molecule is C[C@@H]1CN(c2ccc3c(=O)n(-c4ccc(Cl)c5c(NS(C)(=O)=O)nn(CC(F)F)c45)c([C@H](Cc4cc(F)cc(F)c4)NC(=O)Cn4nc(C(F)F)cc4C4CC4)nc3c2)C[C@H](C)O1. The summed E-state index contributed by atoms with van der Waals surface area (Å²) < 4.78 is 122. The highest BCUT2D eigenvalue weighted by Crippen LogP contribution is 2.41. The van der Waals surface area contributed by atoms with Crippen LogP contribution in [0.5, 0.6) is 0 Å². The maximum absolute atomic E-state index is 15.1. The third kappa shape index (κ3) is 9.50. The van der Waals surface area contributed by atoms with Crippen LogP contribution in [-0.4, -0.2) is 81.4 Å². The smallest absolute Gasteiger partial charge is 0.282 e. The van der Waals surface area contributed by atoms with E-state index in [9.17, 15) is 39.6 Å². The summed E-state index contributed by atoms with van der Waals surface area (Å²) in [4.78, 5) is 36.3. The monoisotopic (exact) mass is 919 g/mol. The van der Waals surface area contributed by atoms with E-state index in [0.29, 0.717) is 43.4 Å². The molecule has 3 atom stereocenters. The summed E-state index contributed by atoms with van der Waals surface area (Å²) in [5.41, 5.74) is -0.510. The molecule has 0 radical (unpaired) electrons. The zero-order valence-corrected chi connectivity index (χ0v) is 35.4. The number of halogens is 7. The fraction of sp³-hybridized carbons (Fsp3) is 0.390. The number of nitrogens with one attached hydrogen (secondary N) is 2. The Balaban J connectivity index is 1.37. The summed E-state index contributed by atoms with van der Waals surface area (Å²) in [6.07, 6.45) is -4.46. The lowest BCUT2D eigenvalue weighted by molar-refractivity contribution is -0.122. The van der Waals surface area contributed by atoms with Gasteiger partial charge in [0.2, 0.25) is 15.9 Å². The Morgan fingerprint density at radius 3 is 2.29 bits per heavy atom. The number of benzene rings is 3. The highest BCUT2D eigenvalue weighted by molar-refractivity contribution is 7.92. The molecule has 4 heterocycles. The molecule has 6 aromatic rings. The molecule has 1 amide bonds. The first-order chi connectivity index (χ1) is 29.8. The minimum atomic E-state index is -4.07. The van der Waals surface area contributed by atoms with Crippen molar-refractivity contribution in [1.29, 1.82) is 0 Å². The van der Waals surface area contributed by atoms with Gasteiger partial charge in [0.25, 0.3) is 18.4 Å². The van der Waals surface area contributed by atoms with Gasteiger partial charge in [-0.15, -0.1) is 0 Å². The van der Waals surface area contributed by atoms with E-state index < -0.39 is 83.0 Å². The molecule has 1 aliphatic carbocycles. The zero-order chi connectivity index (χ0) is 45.1. The Morgan fingerprint density at radius 2 is 1.65 bits per heavy atom. The summed E-state index contributed by atoms with van der Waals surface area (Å²) in [7, 11) is -4.07. The van der Waals surface area contributed by atoms with Gasteiger partial charge in [-0.3, -0.25) is 28.2 Å². The predicted octanol–water partition coefficient (Wildman–Crippen LogP) is 7.03. The molecular formula is C41H40ClF6N9O5S. The van der Waals surface area contributed by atoms with Crippen molar-refractivity contribution in [3.8, 4) is 5.69 Å². The van der Waals surface area contributed by atoms with E-state index >= 15 is 4.79 Å². The standard InChI is InChI=1S/C41H40ClF6N9O5S/c1-20-16-54(17-21(2)62-20)26-6-7-27-29(14-26)50-40(57(41(27)59)32-9-8-28(42)36-37(32)56(18-34(45)46)52-39(36)53-63(3,60)61)31(12-22-10-24(43)13-25(44)11-22)49-35(58)19-55-33(23-4-5-23)15-30(51-55)38(47)48/h6-11,13-15,20-21,23,31,34,38H,4-5,12,16-19H2,1-3H3,(H,49,58)(H,52,53)/t20-,21+,31-/m0/s1. The lowest BCUT2D eigenvalue weighted by Gasteiger charge is -2.37. The molecule has 63 heavy (non-hydrogen) atoms. The van der Waals surface area contributed by atoms with Crippen molar-refractivity contribution < 1.29 is 44.3 Å². The first kappa shape index (κ1) is 44.0. The second-order valence-corrected chi connectivity index (χ2v) is 18.0. The number of ether oxygens (including phenoxy) is 1. The molecule has 1 saturated carbocycles. The summed E-state index contributed by atoms with van der Waals surface area (Å²) in [6.45, 7) is 3.15. The molecule has 334 valence electrons. The molecule has 2 aliphatic rings. The Bertz CT molecular complexity index is 2890. The average Bonchev–Trinajstić information content (AvgIpc) is 3.84. The minimum Gasteiger partial charge on any atom is -0.372 e. The van der Waals surface area contributed by atoms with Crippen molar-refractivity contribution in [3.63, 3.8) is 0 Å². The number of sulfonamides is 1. The number of anilines is 2. The molecule has 3 aromatic heterocycles. The van der Waals surface area contributed by atoms with Crippen LogP contribution in [0.1, 0.15) is 67.9 Å². The number of hydrogen-bond acceptors (Lipinski definition) is 9. The topological polar surface area (TPSA) is 158 Å². The van der Waals surface area contributed by atoms with Crippen molar-refractivity contribution >= 4 is 60.8 Å². The first-order valence-corrected chi connectivity index (χ1v) is 22.1. The number of nitrogens with zero attached hydrogens (tertiary/aromatic N) is 7. The van der Waals surface area contributed by atoms with Gasteiger partial charge in [-0.2, -0.15) is 10.2 Å². The molecule has 0 spiro atoms.